The summed E-state index contributed by atoms with van der Waals surface area (Å²) < 4.78 is 23.6. The number of aromatic nitrogens is 2. The Morgan fingerprint density at radius 2 is 1.00 bits per heavy atom. The summed E-state index contributed by atoms with van der Waals surface area (Å²) in [6.45, 7) is 6.20. The van der Waals surface area contributed by atoms with Crippen molar-refractivity contribution in [2.75, 3.05) is 0 Å². The van der Waals surface area contributed by atoms with Gasteiger partial charge in [0.2, 0.25) is 5.95 Å². The largest absolute Gasteiger partial charge is 0.399 e. The van der Waals surface area contributed by atoms with E-state index in [1.165, 1.54) is 0 Å². The van der Waals surface area contributed by atoms with E-state index in [0.29, 0.717) is 11.1 Å². The van der Waals surface area contributed by atoms with E-state index in [-0.39, 0.29) is 15.1 Å². The van der Waals surface area contributed by atoms with Crippen LogP contribution in [0.3, 0.4) is 0 Å². The van der Waals surface area contributed by atoms with E-state index in [0.717, 1.165) is 11.1 Å². The second-order valence-corrected chi connectivity index (χ2v) is 16.0. The minimum absolute atomic E-state index is 0.00743. The molecule has 1 aromatic heterocycles. The first-order valence-electron chi connectivity index (χ1n) is 13.0. The van der Waals surface area contributed by atoms with Gasteiger partial charge in [-0.3, -0.25) is 0 Å². The molecule has 0 atom stereocenters. The number of aliphatic hydroxyl groups is 1. The monoisotopic (exact) mass is 660 g/mol. The smallest absolute Gasteiger partial charge is 0.239 e. The predicted octanol–water partition coefficient (Wildman–Crippen LogP) is 7.65. The van der Waals surface area contributed by atoms with E-state index in [9.17, 15) is 5.11 Å². The Labute approximate surface area is 249 Å². The second-order valence-electron chi connectivity index (χ2n) is 10.6. The summed E-state index contributed by atoms with van der Waals surface area (Å²) in [5.41, 5.74) is -0.210. The van der Waals surface area contributed by atoms with E-state index in [2.05, 4.69) is 24.6 Å². The highest BCUT2D eigenvalue weighted by molar-refractivity contribution is 14.1. The molecule has 1 N–H and O–H groups in total. The molecule has 0 bridgehead atoms. The lowest BCUT2D eigenvalue weighted by Crippen LogP contribution is -2.45. The van der Waals surface area contributed by atoms with Crippen LogP contribution in [0.1, 0.15) is 33.6 Å². The van der Waals surface area contributed by atoms with Crippen LogP contribution in [0, 0.1) is 9.65 Å². The van der Waals surface area contributed by atoms with E-state index in [1.54, 1.807) is 0 Å². The van der Waals surface area contributed by atoms with Crippen LogP contribution in [0.5, 0.6) is 0 Å². The van der Waals surface area contributed by atoms with Gasteiger partial charge in [-0.2, -0.15) is 4.39 Å². The third kappa shape index (κ3) is 5.26. The van der Waals surface area contributed by atoms with Gasteiger partial charge in [-0.25, -0.2) is 9.97 Å². The fourth-order valence-corrected chi connectivity index (χ4v) is 7.03. The van der Waals surface area contributed by atoms with Gasteiger partial charge in [-0.15, -0.1) is 0 Å². The molecule has 202 valence electrons. The lowest BCUT2D eigenvalue weighted by Gasteiger charge is -2.40. The normalized spacial score (nSPS) is 12.3. The van der Waals surface area contributed by atoms with Crippen molar-refractivity contribution in [1.82, 2.24) is 9.97 Å². The van der Waals surface area contributed by atoms with Gasteiger partial charge < -0.3 is 9.53 Å². The van der Waals surface area contributed by atoms with Gasteiger partial charge >= 0.3 is 0 Å². The lowest BCUT2D eigenvalue weighted by atomic mass is 9.81. The first-order chi connectivity index (χ1) is 19.2. The fraction of sp³-hybridized carbons (Fsp3) is 0.152. The predicted molar refractivity (Wildman–Crippen MR) is 167 cm³/mol. The number of nitrogens with zero attached hydrogens (tertiary/aromatic N) is 2. The van der Waals surface area contributed by atoms with Gasteiger partial charge in [-0.1, -0.05) is 121 Å². The van der Waals surface area contributed by atoms with Gasteiger partial charge in [0.25, 0.3) is 0 Å². The van der Waals surface area contributed by atoms with Gasteiger partial charge in [0, 0.05) is 0 Å². The minimum atomic E-state index is -2.37. The summed E-state index contributed by atoms with van der Waals surface area (Å²) in [6.07, 6.45) is 0. The average molecular weight is 661 g/mol. The van der Waals surface area contributed by atoms with Crippen molar-refractivity contribution in [3.8, 4) is 0 Å². The summed E-state index contributed by atoms with van der Waals surface area (Å²) in [5, 5.41) is 12.6. The maximum absolute atomic E-state index is 16.3. The third-order valence-electron chi connectivity index (χ3n) is 6.69. The molecule has 0 aliphatic carbocycles. The topological polar surface area (TPSA) is 55.2 Å². The number of rotatable bonds is 8. The quantitative estimate of drug-likeness (QED) is 0.137. The summed E-state index contributed by atoms with van der Waals surface area (Å²) in [4.78, 5) is 9.38. The summed E-state index contributed by atoms with van der Waals surface area (Å²) in [7, 11) is -2.37. The fourth-order valence-electron chi connectivity index (χ4n) is 5.06. The highest BCUT2D eigenvalue weighted by atomic mass is 127. The van der Waals surface area contributed by atoms with Crippen molar-refractivity contribution < 1.29 is 13.9 Å². The lowest BCUT2D eigenvalue weighted by molar-refractivity contribution is 0.111. The molecular weight excluding hydrogens is 630 g/mol. The molecule has 1 heterocycles. The van der Waals surface area contributed by atoms with E-state index in [1.807, 2.05) is 144 Å². The standard InChI is InChI=1S/C33H30FIN2O2Si/c1-40(2,3)39-33(26-20-12-6-13-21-26,27-22-14-7-15-23-27)28-30(34)37-31(35)29(36-28)32(38,24-16-8-4-9-17-24)25-18-10-5-11-19-25/h4-23,38H,1-3H3. The molecule has 5 rings (SSSR count). The first kappa shape index (κ1) is 28.3. The second kappa shape index (κ2) is 11.3. The Hall–Kier alpha value is -3.24. The highest BCUT2D eigenvalue weighted by Gasteiger charge is 2.47. The van der Waals surface area contributed by atoms with Crippen LogP contribution in [-0.4, -0.2) is 23.4 Å². The zero-order valence-corrected chi connectivity index (χ0v) is 25.7. The number of halogens is 2. The molecule has 4 nitrogen and oxygen atoms in total. The molecule has 0 saturated carbocycles. The molecule has 0 spiro atoms. The maximum Gasteiger partial charge on any atom is 0.239 e. The van der Waals surface area contributed by atoms with Crippen molar-refractivity contribution in [2.24, 2.45) is 0 Å². The third-order valence-corrected chi connectivity index (χ3v) is 8.36. The molecule has 0 fully saturated rings. The number of benzene rings is 4. The Morgan fingerprint density at radius 3 is 1.38 bits per heavy atom. The van der Waals surface area contributed by atoms with Crippen LogP contribution in [-0.2, 0) is 15.6 Å². The zero-order valence-electron chi connectivity index (χ0n) is 22.6. The molecule has 4 aromatic carbocycles. The molecule has 5 aromatic rings. The zero-order chi connectivity index (χ0) is 28.4. The molecule has 0 radical (unpaired) electrons. The first-order valence-corrected chi connectivity index (χ1v) is 17.5. The molecule has 40 heavy (non-hydrogen) atoms. The summed E-state index contributed by atoms with van der Waals surface area (Å²) in [6, 6.07) is 37.7. The van der Waals surface area contributed by atoms with E-state index in [4.69, 9.17) is 9.41 Å². The molecule has 0 aliphatic rings. The summed E-state index contributed by atoms with van der Waals surface area (Å²) >= 11 is 1.96. The minimum Gasteiger partial charge on any atom is -0.399 e. The van der Waals surface area contributed by atoms with Crippen LogP contribution in [0.2, 0.25) is 19.6 Å². The summed E-state index contributed by atoms with van der Waals surface area (Å²) in [5.74, 6) is -0.748. The molecule has 0 saturated heterocycles. The van der Waals surface area contributed by atoms with Crippen molar-refractivity contribution in [3.63, 3.8) is 0 Å². The average Bonchev–Trinajstić information content (AvgIpc) is 2.97. The van der Waals surface area contributed by atoms with E-state index >= 15 is 4.39 Å². The van der Waals surface area contributed by atoms with Crippen LogP contribution in [0.4, 0.5) is 4.39 Å². The molecule has 0 unspecified atom stereocenters. The van der Waals surface area contributed by atoms with Crippen molar-refractivity contribution >= 4 is 30.9 Å². The Morgan fingerprint density at radius 1 is 0.625 bits per heavy atom. The number of hydrogen-bond acceptors (Lipinski definition) is 4. The Balaban J connectivity index is 1.89. The van der Waals surface area contributed by atoms with Crippen molar-refractivity contribution in [3.05, 3.63) is 165 Å². The van der Waals surface area contributed by atoms with Gasteiger partial charge in [0.15, 0.2) is 19.5 Å². The number of hydrogen-bond donors (Lipinski definition) is 1. The van der Waals surface area contributed by atoms with Crippen LogP contribution in [0.25, 0.3) is 0 Å². The van der Waals surface area contributed by atoms with E-state index < -0.39 is 25.5 Å². The Kier molecular flexibility index (Phi) is 8.01. The SMILES string of the molecule is C[Si](C)(C)OC(c1ccccc1)(c1ccccc1)c1nc(C(O)(c2ccccc2)c2ccccc2)c(I)nc1F. The highest BCUT2D eigenvalue weighted by Crippen LogP contribution is 2.45. The molecule has 7 heteroatoms. The van der Waals surface area contributed by atoms with Crippen molar-refractivity contribution in [2.45, 2.75) is 30.8 Å². The Bertz CT molecular complexity index is 1500. The molecule has 0 aliphatic heterocycles. The maximum atomic E-state index is 16.3. The van der Waals surface area contributed by atoms with Crippen molar-refractivity contribution in [1.29, 1.82) is 0 Å². The molecular formula is C33H30FIN2O2Si. The van der Waals surface area contributed by atoms with Crippen LogP contribution in [0.15, 0.2) is 121 Å². The van der Waals surface area contributed by atoms with Gasteiger partial charge in [0.1, 0.15) is 15.1 Å². The van der Waals surface area contributed by atoms with Crippen LogP contribution >= 0.6 is 22.6 Å². The van der Waals surface area contributed by atoms with Gasteiger partial charge in [-0.05, 0) is 64.5 Å². The molecule has 0 amide bonds. The van der Waals surface area contributed by atoms with Crippen LogP contribution < -0.4 is 0 Å². The van der Waals surface area contributed by atoms with Gasteiger partial charge in [0.05, 0.1) is 0 Å².